The number of H-pyrrole nitrogens is 1. The molecule has 1 N–H and O–H groups in total. The molecule has 1 amide bonds. The van der Waals surface area contributed by atoms with Gasteiger partial charge in [-0.2, -0.15) is 0 Å². The summed E-state index contributed by atoms with van der Waals surface area (Å²) in [5.74, 6) is -0.513. The maximum absolute atomic E-state index is 12.0. The molecule has 6 nitrogen and oxygen atoms in total. The van der Waals surface area contributed by atoms with Crippen molar-refractivity contribution in [3.05, 3.63) is 36.0 Å². The van der Waals surface area contributed by atoms with Crippen molar-refractivity contribution < 1.29 is 19.1 Å². The van der Waals surface area contributed by atoms with Crippen molar-refractivity contribution in [1.82, 2.24) is 9.88 Å². The number of aryl methyl sites for hydroxylation is 1. The number of esters is 1. The van der Waals surface area contributed by atoms with Crippen LogP contribution in [0.2, 0.25) is 0 Å². The molecule has 3 rings (SSSR count). The number of hydrogen-bond acceptors (Lipinski definition) is 4. The van der Waals surface area contributed by atoms with Crippen molar-refractivity contribution in [1.29, 1.82) is 0 Å². The van der Waals surface area contributed by atoms with E-state index in [2.05, 4.69) is 4.98 Å². The van der Waals surface area contributed by atoms with E-state index in [9.17, 15) is 9.59 Å². The molecule has 0 bridgehead atoms. The Labute approximate surface area is 140 Å². The fourth-order valence-corrected chi connectivity index (χ4v) is 2.93. The molecule has 0 radical (unpaired) electrons. The van der Waals surface area contributed by atoms with Crippen molar-refractivity contribution in [2.45, 2.75) is 25.9 Å². The van der Waals surface area contributed by atoms with Crippen LogP contribution in [0.1, 0.15) is 18.9 Å². The standard InChI is InChI=1S/C18H22N2O4/c1-13-11-20(8-9-23-13)17(21)12-24-18(22)7-6-14-10-19-16-5-3-2-4-15(14)16/h2-5,10,13,19H,6-9,11-12H2,1H3/t13-/m1/s1. The number of morpholine rings is 1. The lowest BCUT2D eigenvalue weighted by Crippen LogP contribution is -2.46. The van der Waals surface area contributed by atoms with Crippen molar-refractivity contribution in [2.24, 2.45) is 0 Å². The number of rotatable bonds is 5. The summed E-state index contributed by atoms with van der Waals surface area (Å²) in [5, 5.41) is 1.11. The number of ether oxygens (including phenoxy) is 2. The highest BCUT2D eigenvalue weighted by Gasteiger charge is 2.22. The summed E-state index contributed by atoms with van der Waals surface area (Å²) in [6.07, 6.45) is 2.79. The summed E-state index contributed by atoms with van der Waals surface area (Å²) >= 11 is 0. The molecule has 0 saturated carbocycles. The van der Waals surface area contributed by atoms with E-state index in [1.165, 1.54) is 0 Å². The fourth-order valence-electron chi connectivity index (χ4n) is 2.93. The second-order valence-corrected chi connectivity index (χ2v) is 6.04. The van der Waals surface area contributed by atoms with E-state index in [1.54, 1.807) is 4.90 Å². The fraction of sp³-hybridized carbons (Fsp3) is 0.444. The first-order valence-corrected chi connectivity index (χ1v) is 8.23. The molecule has 1 fully saturated rings. The van der Waals surface area contributed by atoms with Crippen LogP contribution in [0.15, 0.2) is 30.5 Å². The molecule has 0 spiro atoms. The third-order valence-corrected chi connectivity index (χ3v) is 4.22. The van der Waals surface area contributed by atoms with Crippen molar-refractivity contribution in [3.8, 4) is 0 Å². The molecule has 1 atom stereocenters. The Bertz CT molecular complexity index is 725. The number of para-hydroxylation sites is 1. The highest BCUT2D eigenvalue weighted by atomic mass is 16.5. The Morgan fingerprint density at radius 2 is 2.21 bits per heavy atom. The maximum atomic E-state index is 12.0. The van der Waals surface area contributed by atoms with Crippen LogP contribution < -0.4 is 0 Å². The Morgan fingerprint density at radius 1 is 1.38 bits per heavy atom. The van der Waals surface area contributed by atoms with Gasteiger partial charge in [-0.3, -0.25) is 9.59 Å². The zero-order valence-corrected chi connectivity index (χ0v) is 13.8. The second-order valence-electron chi connectivity index (χ2n) is 6.04. The highest BCUT2D eigenvalue weighted by Crippen LogP contribution is 2.19. The molecule has 0 unspecified atom stereocenters. The van der Waals surface area contributed by atoms with Crippen LogP contribution in [-0.2, 0) is 25.5 Å². The molecule has 1 aromatic heterocycles. The molecule has 24 heavy (non-hydrogen) atoms. The quantitative estimate of drug-likeness (QED) is 0.850. The third kappa shape index (κ3) is 3.94. The number of carbonyl (C=O) groups excluding carboxylic acids is 2. The highest BCUT2D eigenvalue weighted by molar-refractivity contribution is 5.84. The van der Waals surface area contributed by atoms with Crippen molar-refractivity contribution in [2.75, 3.05) is 26.3 Å². The summed E-state index contributed by atoms with van der Waals surface area (Å²) in [5.41, 5.74) is 2.13. The topological polar surface area (TPSA) is 71.6 Å². The van der Waals surface area contributed by atoms with Crippen LogP contribution in [0.25, 0.3) is 10.9 Å². The number of benzene rings is 1. The van der Waals surface area contributed by atoms with Gasteiger partial charge in [0.05, 0.1) is 12.7 Å². The van der Waals surface area contributed by atoms with Gasteiger partial charge >= 0.3 is 5.97 Å². The Kier molecular flexibility index (Phi) is 5.15. The van der Waals surface area contributed by atoms with Gasteiger partial charge in [0.2, 0.25) is 0 Å². The minimum Gasteiger partial charge on any atom is -0.456 e. The summed E-state index contributed by atoms with van der Waals surface area (Å²) in [6.45, 7) is 3.36. The van der Waals surface area contributed by atoms with E-state index in [-0.39, 0.29) is 31.0 Å². The van der Waals surface area contributed by atoms with Crippen LogP contribution in [0.3, 0.4) is 0 Å². The average molecular weight is 330 g/mol. The zero-order chi connectivity index (χ0) is 16.9. The van der Waals surface area contributed by atoms with Crippen molar-refractivity contribution in [3.63, 3.8) is 0 Å². The molecular formula is C18H22N2O4. The van der Waals surface area contributed by atoms with Gasteiger partial charge in [0, 0.05) is 36.6 Å². The first kappa shape index (κ1) is 16.5. The first-order valence-electron chi connectivity index (χ1n) is 8.23. The van der Waals surface area contributed by atoms with Crippen LogP contribution in [-0.4, -0.2) is 54.2 Å². The molecule has 128 valence electrons. The van der Waals surface area contributed by atoms with Crippen molar-refractivity contribution >= 4 is 22.8 Å². The lowest BCUT2D eigenvalue weighted by atomic mass is 10.1. The lowest BCUT2D eigenvalue weighted by Gasteiger charge is -2.30. The minimum atomic E-state index is -0.352. The molecule has 2 heterocycles. The Balaban J connectivity index is 1.45. The van der Waals surface area contributed by atoms with Crippen LogP contribution in [0.4, 0.5) is 0 Å². The predicted molar refractivity (Wildman–Crippen MR) is 89.6 cm³/mol. The monoisotopic (exact) mass is 330 g/mol. The summed E-state index contributed by atoms with van der Waals surface area (Å²) in [7, 11) is 0. The minimum absolute atomic E-state index is 0.0280. The Hall–Kier alpha value is -2.34. The third-order valence-electron chi connectivity index (χ3n) is 4.22. The predicted octanol–water partition coefficient (Wildman–Crippen LogP) is 1.89. The largest absolute Gasteiger partial charge is 0.456 e. The SMILES string of the molecule is C[C@@H]1CN(C(=O)COC(=O)CCc2c[nH]c3ccccc23)CCO1. The van der Waals surface area contributed by atoms with Gasteiger partial charge < -0.3 is 19.4 Å². The number of amides is 1. The van der Waals surface area contributed by atoms with Crippen LogP contribution >= 0.6 is 0 Å². The number of nitrogens with one attached hydrogen (secondary N) is 1. The molecule has 1 aliphatic heterocycles. The summed E-state index contributed by atoms with van der Waals surface area (Å²) < 4.78 is 10.5. The van der Waals surface area contributed by atoms with E-state index in [1.807, 2.05) is 37.4 Å². The molecule has 1 aliphatic rings. The van der Waals surface area contributed by atoms with Gasteiger partial charge in [0.1, 0.15) is 0 Å². The van der Waals surface area contributed by atoms with Crippen LogP contribution in [0, 0.1) is 0 Å². The van der Waals surface area contributed by atoms with Gasteiger partial charge in [0.15, 0.2) is 6.61 Å². The molecule has 6 heteroatoms. The van der Waals surface area contributed by atoms with E-state index in [0.717, 1.165) is 16.5 Å². The number of nitrogens with zero attached hydrogens (tertiary/aromatic N) is 1. The lowest BCUT2D eigenvalue weighted by molar-refractivity contribution is -0.154. The average Bonchev–Trinajstić information content (AvgIpc) is 3.01. The first-order chi connectivity index (χ1) is 11.6. The van der Waals surface area contributed by atoms with Gasteiger partial charge in [-0.1, -0.05) is 18.2 Å². The number of fused-ring (bicyclic) bond motifs is 1. The molecule has 2 aromatic rings. The zero-order valence-electron chi connectivity index (χ0n) is 13.8. The molecule has 0 aliphatic carbocycles. The summed E-state index contributed by atoms with van der Waals surface area (Å²) in [6, 6.07) is 7.96. The van der Waals surface area contributed by atoms with E-state index in [0.29, 0.717) is 26.1 Å². The number of aromatic amines is 1. The van der Waals surface area contributed by atoms with E-state index >= 15 is 0 Å². The maximum Gasteiger partial charge on any atom is 0.306 e. The molecule has 1 aromatic carbocycles. The molecule has 1 saturated heterocycles. The number of aromatic nitrogens is 1. The molecular weight excluding hydrogens is 308 g/mol. The van der Waals surface area contributed by atoms with Crippen LogP contribution in [0.5, 0.6) is 0 Å². The van der Waals surface area contributed by atoms with Gasteiger partial charge in [-0.25, -0.2) is 0 Å². The normalized spacial score (nSPS) is 17.9. The van der Waals surface area contributed by atoms with Gasteiger partial charge in [-0.15, -0.1) is 0 Å². The smallest absolute Gasteiger partial charge is 0.306 e. The summed E-state index contributed by atoms with van der Waals surface area (Å²) in [4.78, 5) is 28.8. The Morgan fingerprint density at radius 3 is 3.04 bits per heavy atom. The number of carbonyl (C=O) groups is 2. The van der Waals surface area contributed by atoms with E-state index < -0.39 is 0 Å². The van der Waals surface area contributed by atoms with Gasteiger partial charge in [-0.05, 0) is 25.0 Å². The second kappa shape index (κ2) is 7.49. The number of hydrogen-bond donors (Lipinski definition) is 1. The van der Waals surface area contributed by atoms with Gasteiger partial charge in [0.25, 0.3) is 5.91 Å². The van der Waals surface area contributed by atoms with E-state index in [4.69, 9.17) is 9.47 Å².